The lowest BCUT2D eigenvalue weighted by atomic mass is 10.0. The number of hydrogen-bond acceptors (Lipinski definition) is 6. The summed E-state index contributed by atoms with van der Waals surface area (Å²) in [5.74, 6) is -0.0507. The van der Waals surface area contributed by atoms with E-state index in [4.69, 9.17) is 14.2 Å². The Morgan fingerprint density at radius 2 is 0.579 bits per heavy atom. The van der Waals surface area contributed by atoms with Gasteiger partial charge in [-0.3, -0.25) is 14.4 Å². The van der Waals surface area contributed by atoms with Crippen LogP contribution in [0.15, 0.2) is 0 Å². The molecule has 338 valence electrons. The SMILES string of the molecule is CCCCCCCCCCCCCCCCCC(=O)OC[C@H](COC(=O)CCCCCCCCCCC(C)C)OC(=O)CCCCCCCCCCCCCCC. The lowest BCUT2D eigenvalue weighted by molar-refractivity contribution is -0.167. The fourth-order valence-corrected chi connectivity index (χ4v) is 7.69. The predicted octanol–water partition coefficient (Wildman–Crippen LogP) is 16.3. The number of rotatable bonds is 46. The van der Waals surface area contributed by atoms with Crippen molar-refractivity contribution < 1.29 is 28.6 Å². The van der Waals surface area contributed by atoms with Crippen LogP contribution in [0.3, 0.4) is 0 Å². The van der Waals surface area contributed by atoms with Crippen LogP contribution in [-0.2, 0) is 28.6 Å². The third kappa shape index (κ3) is 45.3. The molecule has 0 saturated carbocycles. The zero-order valence-electron chi connectivity index (χ0n) is 38.8. The van der Waals surface area contributed by atoms with Crippen LogP contribution in [0.5, 0.6) is 0 Å². The van der Waals surface area contributed by atoms with Gasteiger partial charge in [-0.2, -0.15) is 0 Å². The number of carbonyl (C=O) groups is 3. The van der Waals surface area contributed by atoms with E-state index in [0.717, 1.165) is 63.7 Å². The Kier molecular flexibility index (Phi) is 44.2. The average molecular weight is 807 g/mol. The van der Waals surface area contributed by atoms with Gasteiger partial charge in [-0.05, 0) is 25.2 Å². The third-order valence-electron chi connectivity index (χ3n) is 11.5. The van der Waals surface area contributed by atoms with Gasteiger partial charge in [0.15, 0.2) is 6.10 Å². The molecule has 0 radical (unpaired) electrons. The molecule has 0 aromatic rings. The number of unbranched alkanes of at least 4 members (excludes halogenated alkanes) is 33. The van der Waals surface area contributed by atoms with Crippen molar-refractivity contribution >= 4 is 17.9 Å². The smallest absolute Gasteiger partial charge is 0.306 e. The average Bonchev–Trinajstić information content (AvgIpc) is 3.19. The van der Waals surface area contributed by atoms with Gasteiger partial charge in [0.05, 0.1) is 0 Å². The second-order valence-electron chi connectivity index (χ2n) is 17.9. The summed E-state index contributed by atoms with van der Waals surface area (Å²) in [4.78, 5) is 37.9. The summed E-state index contributed by atoms with van der Waals surface area (Å²) in [5, 5.41) is 0. The summed E-state index contributed by atoms with van der Waals surface area (Å²) in [7, 11) is 0. The highest BCUT2D eigenvalue weighted by Crippen LogP contribution is 2.17. The summed E-state index contributed by atoms with van der Waals surface area (Å²) in [5.41, 5.74) is 0. The van der Waals surface area contributed by atoms with E-state index >= 15 is 0 Å². The fourth-order valence-electron chi connectivity index (χ4n) is 7.69. The van der Waals surface area contributed by atoms with E-state index in [1.807, 2.05) is 0 Å². The van der Waals surface area contributed by atoms with E-state index in [-0.39, 0.29) is 31.1 Å². The molecule has 0 fully saturated rings. The first-order valence-electron chi connectivity index (χ1n) is 25.4. The highest BCUT2D eigenvalue weighted by atomic mass is 16.6. The van der Waals surface area contributed by atoms with Crippen molar-refractivity contribution in [3.8, 4) is 0 Å². The van der Waals surface area contributed by atoms with Crippen molar-refractivity contribution in [1.82, 2.24) is 0 Å². The number of hydrogen-bond donors (Lipinski definition) is 0. The predicted molar refractivity (Wildman–Crippen MR) is 243 cm³/mol. The molecule has 0 aromatic heterocycles. The third-order valence-corrected chi connectivity index (χ3v) is 11.5. The molecule has 1 atom stereocenters. The first kappa shape index (κ1) is 55.4. The zero-order chi connectivity index (χ0) is 41.7. The molecule has 0 aliphatic carbocycles. The van der Waals surface area contributed by atoms with Crippen LogP contribution < -0.4 is 0 Å². The van der Waals surface area contributed by atoms with Crippen LogP contribution in [0.1, 0.15) is 285 Å². The van der Waals surface area contributed by atoms with Gasteiger partial charge < -0.3 is 14.2 Å². The largest absolute Gasteiger partial charge is 0.462 e. The second kappa shape index (κ2) is 45.5. The first-order chi connectivity index (χ1) is 27.9. The van der Waals surface area contributed by atoms with Crippen molar-refractivity contribution in [2.45, 2.75) is 291 Å². The van der Waals surface area contributed by atoms with E-state index in [0.29, 0.717) is 19.3 Å². The van der Waals surface area contributed by atoms with Gasteiger partial charge in [-0.15, -0.1) is 0 Å². The zero-order valence-corrected chi connectivity index (χ0v) is 38.8. The summed E-state index contributed by atoms with van der Waals surface area (Å²) >= 11 is 0. The van der Waals surface area contributed by atoms with Crippen molar-refractivity contribution in [2.24, 2.45) is 5.92 Å². The second-order valence-corrected chi connectivity index (χ2v) is 17.9. The molecular formula is C51H98O6. The van der Waals surface area contributed by atoms with E-state index in [1.54, 1.807) is 0 Å². The van der Waals surface area contributed by atoms with Gasteiger partial charge in [0.2, 0.25) is 0 Å². The molecule has 6 nitrogen and oxygen atoms in total. The normalized spacial score (nSPS) is 11.9. The Morgan fingerprint density at radius 1 is 0.333 bits per heavy atom. The lowest BCUT2D eigenvalue weighted by Gasteiger charge is -2.18. The maximum absolute atomic E-state index is 12.8. The number of ether oxygens (including phenoxy) is 3. The highest BCUT2D eigenvalue weighted by Gasteiger charge is 2.19. The molecule has 57 heavy (non-hydrogen) atoms. The van der Waals surface area contributed by atoms with Gasteiger partial charge in [0.1, 0.15) is 13.2 Å². The van der Waals surface area contributed by atoms with Crippen molar-refractivity contribution in [3.63, 3.8) is 0 Å². The summed E-state index contributed by atoms with van der Waals surface area (Å²) in [6.45, 7) is 8.99. The summed E-state index contributed by atoms with van der Waals surface area (Å²) < 4.78 is 16.8. The van der Waals surface area contributed by atoms with Crippen LogP contribution >= 0.6 is 0 Å². The Bertz CT molecular complexity index is 857. The minimum absolute atomic E-state index is 0.0631. The van der Waals surface area contributed by atoms with Crippen LogP contribution in [0, 0.1) is 5.92 Å². The molecule has 0 saturated heterocycles. The van der Waals surface area contributed by atoms with Crippen molar-refractivity contribution in [1.29, 1.82) is 0 Å². The minimum Gasteiger partial charge on any atom is -0.462 e. The maximum atomic E-state index is 12.8. The van der Waals surface area contributed by atoms with Crippen LogP contribution in [0.25, 0.3) is 0 Å². The Labute approximate surface area is 355 Å². The van der Waals surface area contributed by atoms with E-state index in [2.05, 4.69) is 27.7 Å². The van der Waals surface area contributed by atoms with Gasteiger partial charge in [-0.25, -0.2) is 0 Å². The quantitative estimate of drug-likeness (QED) is 0.0346. The molecule has 0 rings (SSSR count). The van der Waals surface area contributed by atoms with Crippen molar-refractivity contribution in [2.75, 3.05) is 13.2 Å². The highest BCUT2D eigenvalue weighted by molar-refractivity contribution is 5.71. The molecule has 0 aromatic carbocycles. The lowest BCUT2D eigenvalue weighted by Crippen LogP contribution is -2.30. The van der Waals surface area contributed by atoms with Crippen molar-refractivity contribution in [3.05, 3.63) is 0 Å². The summed E-state index contributed by atoms with van der Waals surface area (Å²) in [6, 6.07) is 0. The maximum Gasteiger partial charge on any atom is 0.306 e. The topological polar surface area (TPSA) is 78.9 Å². The number of esters is 3. The van der Waals surface area contributed by atoms with Gasteiger partial charge in [-0.1, -0.05) is 246 Å². The number of carbonyl (C=O) groups excluding carboxylic acids is 3. The molecule has 0 unspecified atom stereocenters. The monoisotopic (exact) mass is 807 g/mol. The van der Waals surface area contributed by atoms with Gasteiger partial charge >= 0.3 is 17.9 Å². The molecule has 0 amide bonds. The standard InChI is InChI=1S/C51H98O6/c1-5-7-9-11-13-15-17-19-20-22-23-25-30-34-38-42-49(52)55-45-48(46-56-50(53)43-39-35-31-28-27-29-33-37-41-47(3)4)57-51(54)44-40-36-32-26-24-21-18-16-14-12-10-8-6-2/h47-48H,5-46H2,1-4H3/t48-/m1/s1. The molecule has 0 N–H and O–H groups in total. The minimum atomic E-state index is -0.760. The fraction of sp³-hybridized carbons (Fsp3) is 0.941. The van der Waals surface area contributed by atoms with E-state index < -0.39 is 6.10 Å². The molecule has 0 aliphatic rings. The van der Waals surface area contributed by atoms with E-state index in [9.17, 15) is 14.4 Å². The van der Waals surface area contributed by atoms with Gasteiger partial charge in [0.25, 0.3) is 0 Å². The van der Waals surface area contributed by atoms with Crippen LogP contribution in [0.4, 0.5) is 0 Å². The molecule has 0 heterocycles. The molecule has 6 heteroatoms. The molecule has 0 bridgehead atoms. The van der Waals surface area contributed by atoms with E-state index in [1.165, 1.54) is 180 Å². The van der Waals surface area contributed by atoms with Crippen LogP contribution in [-0.4, -0.2) is 37.2 Å². The Hall–Kier alpha value is -1.59. The first-order valence-corrected chi connectivity index (χ1v) is 25.4. The Morgan fingerprint density at radius 3 is 0.860 bits per heavy atom. The molecule has 0 spiro atoms. The molecular weight excluding hydrogens is 709 g/mol. The van der Waals surface area contributed by atoms with Gasteiger partial charge in [0, 0.05) is 19.3 Å². The Balaban J connectivity index is 4.30. The van der Waals surface area contributed by atoms with Crippen LogP contribution in [0.2, 0.25) is 0 Å². The molecule has 0 aliphatic heterocycles. The summed E-state index contributed by atoms with van der Waals surface area (Å²) in [6.07, 6.45) is 46.6.